The molecule has 2 atom stereocenters. The highest BCUT2D eigenvalue weighted by atomic mass is 16.6. The van der Waals surface area contributed by atoms with Crippen LogP contribution in [0.5, 0.6) is 5.75 Å². The zero-order valence-electron chi connectivity index (χ0n) is 19.2. The first-order valence-electron chi connectivity index (χ1n) is 10.9. The lowest BCUT2D eigenvalue weighted by Crippen LogP contribution is -2.32. The molecule has 160 valence electrons. The monoisotopic (exact) mass is 406 g/mol. The Kier molecular flexibility index (Phi) is 6.40. The fourth-order valence-electron chi connectivity index (χ4n) is 3.83. The zero-order chi connectivity index (χ0) is 22.1. The second kappa shape index (κ2) is 8.67. The lowest BCUT2D eigenvalue weighted by atomic mass is 9.89. The Labute approximate surface area is 181 Å². The third-order valence-corrected chi connectivity index (χ3v) is 5.59. The number of para-hydroxylation sites is 1. The van der Waals surface area contributed by atoms with E-state index in [2.05, 4.69) is 54.5 Å². The van der Waals surface area contributed by atoms with E-state index in [1.807, 2.05) is 48.5 Å². The van der Waals surface area contributed by atoms with Crippen LogP contribution in [-0.2, 0) is 9.53 Å². The Morgan fingerprint density at radius 2 is 1.47 bits per heavy atom. The fraction of sp³-hybridized carbons (Fsp3) is 0.444. The van der Waals surface area contributed by atoms with Gasteiger partial charge < -0.3 is 9.47 Å². The molecule has 0 N–H and O–H groups in total. The van der Waals surface area contributed by atoms with E-state index in [4.69, 9.17) is 9.47 Å². The molecule has 2 aromatic rings. The molecule has 0 unspecified atom stereocenters. The first-order chi connectivity index (χ1) is 14.1. The second-order valence-corrected chi connectivity index (χ2v) is 9.75. The van der Waals surface area contributed by atoms with Crippen LogP contribution in [0.15, 0.2) is 60.4 Å². The lowest BCUT2D eigenvalue weighted by molar-refractivity contribution is -0.145. The first kappa shape index (κ1) is 22.1. The maximum absolute atomic E-state index is 13.4. The molecule has 1 aliphatic heterocycles. The molecule has 0 aromatic heterocycles. The minimum Gasteiger partial charge on any atom is -0.482 e. The zero-order valence-corrected chi connectivity index (χ0v) is 19.2. The molecule has 1 heterocycles. The number of esters is 1. The number of ether oxygens (including phenoxy) is 2. The van der Waals surface area contributed by atoms with E-state index in [0.29, 0.717) is 5.75 Å². The van der Waals surface area contributed by atoms with E-state index in [0.717, 1.165) is 22.4 Å². The molecule has 3 heteroatoms. The van der Waals surface area contributed by atoms with Gasteiger partial charge in [-0.3, -0.25) is 0 Å². The summed E-state index contributed by atoms with van der Waals surface area (Å²) in [6.45, 7) is 14.8. The van der Waals surface area contributed by atoms with Crippen LogP contribution < -0.4 is 4.74 Å². The van der Waals surface area contributed by atoms with Gasteiger partial charge in [-0.2, -0.15) is 0 Å². The van der Waals surface area contributed by atoms with Crippen molar-refractivity contribution in [3.8, 4) is 5.75 Å². The smallest absolute Gasteiger partial charge is 0.353 e. The molecule has 2 aromatic carbocycles. The van der Waals surface area contributed by atoms with Crippen LogP contribution in [0.25, 0.3) is 0 Å². The molecule has 1 aliphatic rings. The van der Waals surface area contributed by atoms with Gasteiger partial charge in [-0.15, -0.1) is 0 Å². The Morgan fingerprint density at radius 1 is 0.900 bits per heavy atom. The van der Waals surface area contributed by atoms with E-state index in [9.17, 15) is 4.79 Å². The molecule has 0 bridgehead atoms. The van der Waals surface area contributed by atoms with Crippen molar-refractivity contribution in [2.24, 2.45) is 5.41 Å². The molecule has 0 spiro atoms. The third kappa shape index (κ3) is 4.61. The third-order valence-electron chi connectivity index (χ3n) is 5.59. The molecule has 30 heavy (non-hydrogen) atoms. The number of carbonyl (C=O) groups excluding carboxylic acids is 1. The van der Waals surface area contributed by atoms with Gasteiger partial charge in [-0.25, -0.2) is 4.79 Å². The molecular weight excluding hydrogens is 372 g/mol. The van der Waals surface area contributed by atoms with E-state index in [-0.39, 0.29) is 29.1 Å². The number of allylic oxidation sites excluding steroid dienone is 1. The van der Waals surface area contributed by atoms with Crippen LogP contribution in [0.4, 0.5) is 0 Å². The van der Waals surface area contributed by atoms with Crippen molar-refractivity contribution in [1.29, 1.82) is 0 Å². The highest BCUT2D eigenvalue weighted by molar-refractivity contribution is 5.80. The van der Waals surface area contributed by atoms with Crippen LogP contribution in [0.2, 0.25) is 0 Å². The maximum atomic E-state index is 13.4. The van der Waals surface area contributed by atoms with Crippen molar-refractivity contribution >= 4 is 5.97 Å². The average molecular weight is 407 g/mol. The van der Waals surface area contributed by atoms with Gasteiger partial charge in [-0.05, 0) is 34.6 Å². The molecule has 0 amide bonds. The van der Waals surface area contributed by atoms with Crippen molar-refractivity contribution in [2.75, 3.05) is 0 Å². The number of rotatable bonds is 5. The van der Waals surface area contributed by atoms with Gasteiger partial charge in [0.05, 0.1) is 11.7 Å². The summed E-state index contributed by atoms with van der Waals surface area (Å²) in [5.74, 6) is 1.52. The summed E-state index contributed by atoms with van der Waals surface area (Å²) in [6, 6.07) is 16.2. The average Bonchev–Trinajstić information content (AvgIpc) is 3.14. The number of carbonyl (C=O) groups is 1. The number of hydrogen-bond donors (Lipinski definition) is 0. The Morgan fingerprint density at radius 3 is 1.97 bits per heavy atom. The van der Waals surface area contributed by atoms with Crippen molar-refractivity contribution in [1.82, 2.24) is 0 Å². The van der Waals surface area contributed by atoms with Gasteiger partial charge in [0.2, 0.25) is 6.10 Å². The second-order valence-electron chi connectivity index (χ2n) is 9.75. The molecule has 0 aliphatic carbocycles. The summed E-state index contributed by atoms with van der Waals surface area (Å²) < 4.78 is 12.3. The van der Waals surface area contributed by atoms with Gasteiger partial charge >= 0.3 is 5.97 Å². The van der Waals surface area contributed by atoms with Crippen LogP contribution in [0, 0.1) is 5.41 Å². The summed E-state index contributed by atoms with van der Waals surface area (Å²) in [6.07, 6.45) is 1.39. The van der Waals surface area contributed by atoms with Crippen molar-refractivity contribution in [3.63, 3.8) is 0 Å². The topological polar surface area (TPSA) is 35.5 Å². The quantitative estimate of drug-likeness (QED) is 0.398. The Hall–Kier alpha value is -2.55. The summed E-state index contributed by atoms with van der Waals surface area (Å²) in [4.78, 5) is 13.4. The highest BCUT2D eigenvalue weighted by Crippen LogP contribution is 2.41. The number of benzene rings is 2. The SMILES string of the molecule is CC(C)c1cccc(C(C)C)c1OC(=O)[C@H]1OC(C(C)(C)C)=C[C@@H]1c1ccccc1. The van der Waals surface area contributed by atoms with Crippen LogP contribution in [0.1, 0.15) is 82.9 Å². The van der Waals surface area contributed by atoms with E-state index in [1.165, 1.54) is 0 Å². The minimum atomic E-state index is -0.693. The van der Waals surface area contributed by atoms with Crippen molar-refractivity contribution in [3.05, 3.63) is 77.1 Å². The Bertz CT molecular complexity index is 891. The minimum absolute atomic E-state index is 0.165. The van der Waals surface area contributed by atoms with Gasteiger partial charge in [0, 0.05) is 5.41 Å². The molecule has 0 saturated carbocycles. The number of hydrogen-bond acceptors (Lipinski definition) is 3. The fourth-order valence-corrected chi connectivity index (χ4v) is 3.83. The van der Waals surface area contributed by atoms with Crippen LogP contribution >= 0.6 is 0 Å². The normalized spacial score (nSPS) is 19.0. The predicted molar refractivity (Wildman–Crippen MR) is 122 cm³/mol. The molecule has 0 saturated heterocycles. The summed E-state index contributed by atoms with van der Waals surface area (Å²) in [5.41, 5.74) is 2.97. The van der Waals surface area contributed by atoms with Gasteiger partial charge in [0.1, 0.15) is 5.75 Å². The highest BCUT2D eigenvalue weighted by Gasteiger charge is 2.41. The maximum Gasteiger partial charge on any atom is 0.353 e. The molecule has 3 rings (SSSR count). The van der Waals surface area contributed by atoms with Crippen molar-refractivity contribution in [2.45, 2.75) is 72.3 Å². The van der Waals surface area contributed by atoms with E-state index in [1.54, 1.807) is 0 Å². The van der Waals surface area contributed by atoms with Gasteiger partial charge in [0.25, 0.3) is 0 Å². The van der Waals surface area contributed by atoms with Gasteiger partial charge in [-0.1, -0.05) is 97.0 Å². The van der Waals surface area contributed by atoms with Crippen molar-refractivity contribution < 1.29 is 14.3 Å². The Balaban J connectivity index is 1.97. The summed E-state index contributed by atoms with van der Waals surface area (Å²) in [5, 5.41) is 0. The van der Waals surface area contributed by atoms with Crippen LogP contribution in [-0.4, -0.2) is 12.1 Å². The standard InChI is InChI=1S/C27H34O3/c1-17(2)20-14-11-15-21(18(3)4)24(20)30-26(28)25-22(19-12-9-8-10-13-19)16-23(29-25)27(5,6)7/h8-18,22,25H,1-7H3/t22-,25+/m1/s1. The predicted octanol–water partition coefficient (Wildman–Crippen LogP) is 6.95. The molecule has 0 radical (unpaired) electrons. The first-order valence-corrected chi connectivity index (χ1v) is 10.9. The summed E-state index contributed by atoms with van der Waals surface area (Å²) >= 11 is 0. The molecular formula is C27H34O3. The van der Waals surface area contributed by atoms with Gasteiger partial charge in [0.15, 0.2) is 0 Å². The molecule has 0 fully saturated rings. The lowest BCUT2D eigenvalue weighted by Gasteiger charge is -2.24. The van der Waals surface area contributed by atoms with Crippen LogP contribution in [0.3, 0.4) is 0 Å². The molecule has 3 nitrogen and oxygen atoms in total. The summed E-state index contributed by atoms with van der Waals surface area (Å²) in [7, 11) is 0. The largest absolute Gasteiger partial charge is 0.482 e. The van der Waals surface area contributed by atoms with E-state index >= 15 is 0 Å². The van der Waals surface area contributed by atoms with E-state index < -0.39 is 6.10 Å².